The number of amides is 1. The van der Waals surface area contributed by atoms with Crippen molar-refractivity contribution < 1.29 is 9.53 Å². The number of ether oxygens (including phenoxy) is 1. The number of nitrogens with zero attached hydrogens (tertiary/aromatic N) is 5. The zero-order chi connectivity index (χ0) is 23.4. The molecule has 2 aliphatic heterocycles. The summed E-state index contributed by atoms with van der Waals surface area (Å²) in [6, 6.07) is 10.3. The molecule has 0 saturated carbocycles. The molecule has 0 spiro atoms. The molecule has 2 unspecified atom stereocenters. The number of piperidine rings is 1. The number of aromatic nitrogens is 4. The van der Waals surface area contributed by atoms with Gasteiger partial charge < -0.3 is 24.1 Å². The minimum absolute atomic E-state index is 0. The molecule has 2 fully saturated rings. The highest BCUT2D eigenvalue weighted by molar-refractivity contribution is 6.00. The molecule has 35 heavy (non-hydrogen) atoms. The Labute approximate surface area is 210 Å². The lowest BCUT2D eigenvalue weighted by atomic mass is 9.92. The van der Waals surface area contributed by atoms with Crippen molar-refractivity contribution >= 4 is 40.4 Å². The molecule has 3 aromatic heterocycles. The van der Waals surface area contributed by atoms with Crippen LogP contribution < -0.4 is 10.1 Å². The summed E-state index contributed by atoms with van der Waals surface area (Å²) < 4.78 is 9.98. The van der Waals surface area contributed by atoms with E-state index in [0.717, 1.165) is 66.2 Å². The molecule has 5 heterocycles. The number of rotatable bonds is 4. The highest BCUT2D eigenvalue weighted by atomic mass is 35.5. The third-order valence-corrected chi connectivity index (χ3v) is 7.57. The maximum Gasteiger partial charge on any atom is 0.254 e. The summed E-state index contributed by atoms with van der Waals surface area (Å²) in [6.45, 7) is 5.52. The number of fused-ring (bicyclic) bond motifs is 3. The quantitative estimate of drug-likeness (QED) is 0.466. The van der Waals surface area contributed by atoms with Crippen molar-refractivity contribution in [1.82, 2.24) is 29.3 Å². The van der Waals surface area contributed by atoms with Crippen LogP contribution in [0, 0.1) is 5.92 Å². The molecule has 2 atom stereocenters. The van der Waals surface area contributed by atoms with Gasteiger partial charge in [-0.2, -0.15) is 0 Å². The van der Waals surface area contributed by atoms with Gasteiger partial charge in [-0.3, -0.25) is 4.79 Å². The van der Waals surface area contributed by atoms with Crippen molar-refractivity contribution in [1.29, 1.82) is 0 Å². The number of carbonyl (C=O) groups excluding carboxylic acids is 1. The molecule has 9 heteroatoms. The van der Waals surface area contributed by atoms with Gasteiger partial charge in [0.05, 0.1) is 18.3 Å². The maximum absolute atomic E-state index is 13.5. The molecule has 184 valence electrons. The fourth-order valence-corrected chi connectivity index (χ4v) is 5.81. The largest absolute Gasteiger partial charge is 0.494 e. The minimum atomic E-state index is 0. The summed E-state index contributed by atoms with van der Waals surface area (Å²) in [6.07, 6.45) is 4.09. The van der Waals surface area contributed by atoms with Crippen LogP contribution in [0.1, 0.15) is 30.1 Å². The van der Waals surface area contributed by atoms with Gasteiger partial charge in [-0.05, 0) is 62.6 Å². The number of methoxy groups -OCH3 is 1. The maximum atomic E-state index is 13.5. The molecule has 1 aromatic carbocycles. The molecule has 4 aromatic rings. The summed E-state index contributed by atoms with van der Waals surface area (Å²) in [5, 5.41) is 4.64. The summed E-state index contributed by atoms with van der Waals surface area (Å²) >= 11 is 0. The molecule has 6 rings (SSSR count). The first-order valence-electron chi connectivity index (χ1n) is 12.1. The molecule has 0 aliphatic carbocycles. The monoisotopic (exact) mass is 494 g/mol. The van der Waals surface area contributed by atoms with Crippen LogP contribution in [0.3, 0.4) is 0 Å². The van der Waals surface area contributed by atoms with E-state index in [2.05, 4.69) is 38.5 Å². The number of hydrogen-bond acceptors (Lipinski definition) is 5. The Balaban J connectivity index is 0.00000253. The predicted molar refractivity (Wildman–Crippen MR) is 139 cm³/mol. The minimum Gasteiger partial charge on any atom is -0.494 e. The zero-order valence-electron chi connectivity index (χ0n) is 20.3. The van der Waals surface area contributed by atoms with Gasteiger partial charge in [0.15, 0.2) is 5.82 Å². The standard InChI is InChI=1S/C26H30N6O2.ClH/c1-4-32-21(13-17-6-5-9-28-24(17)32)25-29-19-12-18(14-22(34-3)23(19)30(25)2)26(33)31-11-8-16-7-10-27-20(16)15-31;/h5-6,9,12-14,16,20,27H,4,7-8,10-11,15H2,1-3H3;1H. The molecule has 0 bridgehead atoms. The van der Waals surface area contributed by atoms with Crippen molar-refractivity contribution in [2.24, 2.45) is 13.0 Å². The summed E-state index contributed by atoms with van der Waals surface area (Å²) in [5.74, 6) is 2.23. The fraction of sp³-hybridized carbons (Fsp3) is 0.423. The van der Waals surface area contributed by atoms with Crippen molar-refractivity contribution in [3.05, 3.63) is 42.1 Å². The van der Waals surface area contributed by atoms with Crippen molar-refractivity contribution in [3.8, 4) is 17.3 Å². The van der Waals surface area contributed by atoms with Gasteiger partial charge in [-0.1, -0.05) is 0 Å². The van der Waals surface area contributed by atoms with E-state index in [0.29, 0.717) is 23.3 Å². The number of hydrogen-bond donors (Lipinski definition) is 1. The number of pyridine rings is 1. The Morgan fingerprint density at radius 1 is 1.26 bits per heavy atom. The van der Waals surface area contributed by atoms with Crippen LogP contribution in [-0.4, -0.2) is 62.7 Å². The van der Waals surface area contributed by atoms with Gasteiger partial charge >= 0.3 is 0 Å². The van der Waals surface area contributed by atoms with Crippen LogP contribution in [0.25, 0.3) is 33.6 Å². The number of benzene rings is 1. The van der Waals surface area contributed by atoms with E-state index in [1.807, 2.05) is 36.3 Å². The van der Waals surface area contributed by atoms with E-state index >= 15 is 0 Å². The Bertz CT molecular complexity index is 1410. The van der Waals surface area contributed by atoms with E-state index in [1.165, 1.54) is 6.42 Å². The summed E-state index contributed by atoms with van der Waals surface area (Å²) in [5.41, 5.74) is 4.21. The van der Waals surface area contributed by atoms with E-state index in [9.17, 15) is 4.79 Å². The summed E-state index contributed by atoms with van der Waals surface area (Å²) in [7, 11) is 3.65. The highest BCUT2D eigenvalue weighted by Crippen LogP contribution is 2.34. The van der Waals surface area contributed by atoms with Gasteiger partial charge in [0.2, 0.25) is 0 Å². The number of carbonyl (C=O) groups is 1. The number of halogens is 1. The van der Waals surface area contributed by atoms with E-state index < -0.39 is 0 Å². The lowest BCUT2D eigenvalue weighted by Gasteiger charge is -2.35. The van der Waals surface area contributed by atoms with Gasteiger partial charge in [0.25, 0.3) is 5.91 Å². The average molecular weight is 495 g/mol. The lowest BCUT2D eigenvalue weighted by molar-refractivity contribution is 0.0669. The highest BCUT2D eigenvalue weighted by Gasteiger charge is 2.35. The van der Waals surface area contributed by atoms with Crippen LogP contribution in [0.4, 0.5) is 0 Å². The molecular formula is C26H31ClN6O2. The second-order valence-corrected chi connectivity index (χ2v) is 9.38. The summed E-state index contributed by atoms with van der Waals surface area (Å²) in [4.78, 5) is 25.0. The number of aryl methyl sites for hydroxylation is 2. The molecule has 2 aliphatic rings. The van der Waals surface area contributed by atoms with Crippen molar-refractivity contribution in [2.75, 3.05) is 26.7 Å². The fourth-order valence-electron chi connectivity index (χ4n) is 5.81. The Morgan fingerprint density at radius 2 is 2.11 bits per heavy atom. The molecule has 0 radical (unpaired) electrons. The first-order chi connectivity index (χ1) is 16.6. The predicted octanol–water partition coefficient (Wildman–Crippen LogP) is 3.86. The van der Waals surface area contributed by atoms with Gasteiger partial charge in [0, 0.05) is 49.9 Å². The second-order valence-electron chi connectivity index (χ2n) is 9.38. The van der Waals surface area contributed by atoms with Crippen LogP contribution >= 0.6 is 12.4 Å². The van der Waals surface area contributed by atoms with Crippen LogP contribution in [0.2, 0.25) is 0 Å². The second kappa shape index (κ2) is 9.17. The van der Waals surface area contributed by atoms with E-state index in [1.54, 1.807) is 7.11 Å². The first-order valence-corrected chi connectivity index (χ1v) is 12.1. The smallest absolute Gasteiger partial charge is 0.254 e. The van der Waals surface area contributed by atoms with Crippen LogP contribution in [0.5, 0.6) is 5.75 Å². The van der Waals surface area contributed by atoms with Gasteiger partial charge in [-0.25, -0.2) is 9.97 Å². The zero-order valence-corrected chi connectivity index (χ0v) is 21.1. The number of likely N-dealkylation sites (tertiary alicyclic amines) is 1. The van der Waals surface area contributed by atoms with E-state index in [4.69, 9.17) is 9.72 Å². The van der Waals surface area contributed by atoms with E-state index in [-0.39, 0.29) is 18.3 Å². The van der Waals surface area contributed by atoms with Crippen LogP contribution in [0.15, 0.2) is 36.5 Å². The first kappa shape index (κ1) is 23.6. The topological polar surface area (TPSA) is 77.2 Å². The molecule has 1 N–H and O–H groups in total. The Morgan fingerprint density at radius 3 is 2.91 bits per heavy atom. The number of nitrogens with one attached hydrogen (secondary N) is 1. The van der Waals surface area contributed by atoms with Crippen molar-refractivity contribution in [2.45, 2.75) is 32.4 Å². The molecular weight excluding hydrogens is 464 g/mol. The van der Waals surface area contributed by atoms with Crippen LogP contribution in [-0.2, 0) is 13.6 Å². The van der Waals surface area contributed by atoms with Gasteiger partial charge in [0.1, 0.15) is 16.9 Å². The molecule has 8 nitrogen and oxygen atoms in total. The SMILES string of the molecule is CCn1c(-c2nc3cc(C(=O)N4CCC5CCNC5C4)cc(OC)c3n2C)cc2cccnc21.Cl. The lowest BCUT2D eigenvalue weighted by Crippen LogP contribution is -2.48. The Kier molecular flexibility index (Phi) is 6.19. The Hall–Kier alpha value is -3.10. The number of imidazole rings is 1. The third-order valence-electron chi connectivity index (χ3n) is 7.57. The third kappa shape index (κ3) is 3.76. The van der Waals surface area contributed by atoms with Gasteiger partial charge in [-0.15, -0.1) is 12.4 Å². The molecule has 2 saturated heterocycles. The average Bonchev–Trinajstić information content (AvgIpc) is 3.57. The normalized spacial score (nSPS) is 19.7. The molecule has 1 amide bonds. The van der Waals surface area contributed by atoms with Crippen molar-refractivity contribution in [3.63, 3.8) is 0 Å².